The summed E-state index contributed by atoms with van der Waals surface area (Å²) in [5, 5.41) is 0. The fourth-order valence-electron chi connectivity index (χ4n) is 4.23. The predicted molar refractivity (Wildman–Crippen MR) is 133 cm³/mol. The van der Waals surface area contributed by atoms with Gasteiger partial charge in [-0.2, -0.15) is 0 Å². The van der Waals surface area contributed by atoms with Gasteiger partial charge in [0.25, 0.3) is 5.91 Å². The van der Waals surface area contributed by atoms with E-state index in [2.05, 4.69) is 15.0 Å². The molecular weight excluding hydrogens is 440 g/mol. The maximum absolute atomic E-state index is 13.2. The van der Waals surface area contributed by atoms with Gasteiger partial charge in [0, 0.05) is 43.2 Å². The van der Waals surface area contributed by atoms with Crippen LogP contribution in [0.5, 0.6) is 11.6 Å². The summed E-state index contributed by atoms with van der Waals surface area (Å²) in [6.07, 6.45) is 8.50. The van der Waals surface area contributed by atoms with E-state index in [0.29, 0.717) is 30.4 Å². The zero-order valence-corrected chi connectivity index (χ0v) is 19.5. The third kappa shape index (κ3) is 5.11. The van der Waals surface area contributed by atoms with E-state index in [1.807, 2.05) is 48.2 Å². The SMILES string of the molecule is Cc1ccccc1Oc1cncc([C@@H]2CCCN(C(=O)c3ccc(-c4ccc(N)nc4)nc3)C2)n1. The van der Waals surface area contributed by atoms with E-state index in [1.165, 1.54) is 0 Å². The lowest BCUT2D eigenvalue weighted by atomic mass is 9.94. The van der Waals surface area contributed by atoms with E-state index in [1.54, 1.807) is 36.9 Å². The number of nitrogen functional groups attached to an aromatic ring is 1. The minimum absolute atomic E-state index is 0.0375. The number of likely N-dealkylation sites (tertiary alicyclic amines) is 1. The molecule has 0 aliphatic carbocycles. The number of pyridine rings is 2. The topological polar surface area (TPSA) is 107 Å². The van der Waals surface area contributed by atoms with Crippen LogP contribution in [0.15, 0.2) is 73.3 Å². The lowest BCUT2D eigenvalue weighted by Gasteiger charge is -2.32. The van der Waals surface area contributed by atoms with Crippen molar-refractivity contribution in [3.8, 4) is 22.9 Å². The van der Waals surface area contributed by atoms with Crippen LogP contribution in [0.3, 0.4) is 0 Å². The van der Waals surface area contributed by atoms with Gasteiger partial charge in [-0.25, -0.2) is 9.97 Å². The zero-order chi connectivity index (χ0) is 24.2. The van der Waals surface area contributed by atoms with E-state index < -0.39 is 0 Å². The molecule has 2 N–H and O–H groups in total. The Morgan fingerprint density at radius 1 is 1.03 bits per heavy atom. The number of anilines is 1. The van der Waals surface area contributed by atoms with Crippen molar-refractivity contribution >= 4 is 11.7 Å². The Kier molecular flexibility index (Phi) is 6.34. The number of para-hydroxylation sites is 1. The number of ether oxygens (including phenoxy) is 1. The van der Waals surface area contributed by atoms with Crippen molar-refractivity contribution in [2.45, 2.75) is 25.7 Å². The summed E-state index contributed by atoms with van der Waals surface area (Å²) in [6, 6.07) is 15.0. The van der Waals surface area contributed by atoms with Crippen molar-refractivity contribution in [1.29, 1.82) is 0 Å². The first-order valence-electron chi connectivity index (χ1n) is 11.6. The van der Waals surface area contributed by atoms with Gasteiger partial charge in [0.2, 0.25) is 5.88 Å². The number of rotatable bonds is 5. The number of carbonyl (C=O) groups is 1. The zero-order valence-electron chi connectivity index (χ0n) is 19.5. The van der Waals surface area contributed by atoms with Crippen molar-refractivity contribution in [2.75, 3.05) is 18.8 Å². The van der Waals surface area contributed by atoms with E-state index >= 15 is 0 Å². The Labute approximate surface area is 203 Å². The van der Waals surface area contributed by atoms with Crippen LogP contribution in [-0.4, -0.2) is 43.8 Å². The van der Waals surface area contributed by atoms with Crippen molar-refractivity contribution in [1.82, 2.24) is 24.8 Å². The molecule has 8 heteroatoms. The molecule has 1 amide bonds. The predicted octanol–water partition coefficient (Wildman–Crippen LogP) is 4.64. The number of hydrogen-bond donors (Lipinski definition) is 1. The van der Waals surface area contributed by atoms with Gasteiger partial charge in [-0.05, 0) is 55.7 Å². The van der Waals surface area contributed by atoms with Crippen LogP contribution in [0.25, 0.3) is 11.3 Å². The lowest BCUT2D eigenvalue weighted by Crippen LogP contribution is -2.39. The Morgan fingerprint density at radius 3 is 2.69 bits per heavy atom. The standard InChI is InChI=1S/C27H26N6O2/c1-18-5-2-3-7-24(18)35-26-16-29-15-23(32-26)21-6-4-12-33(17-21)27(34)20-8-10-22(30-14-20)19-9-11-25(28)31-13-19/h2-3,5,7-11,13-16,21H,4,6,12,17H2,1H3,(H2,28,31)/t21-/m1/s1. The average Bonchev–Trinajstić information content (AvgIpc) is 2.90. The van der Waals surface area contributed by atoms with Crippen molar-refractivity contribution in [2.24, 2.45) is 0 Å². The highest BCUT2D eigenvalue weighted by Gasteiger charge is 2.27. The van der Waals surface area contributed by atoms with Crippen LogP contribution in [0.4, 0.5) is 5.82 Å². The fourth-order valence-corrected chi connectivity index (χ4v) is 4.23. The number of nitrogens with zero attached hydrogens (tertiary/aromatic N) is 5. The first kappa shape index (κ1) is 22.5. The van der Waals surface area contributed by atoms with Crippen molar-refractivity contribution < 1.29 is 9.53 Å². The van der Waals surface area contributed by atoms with Gasteiger partial charge in [0.05, 0.1) is 23.1 Å². The van der Waals surface area contributed by atoms with E-state index in [-0.39, 0.29) is 11.8 Å². The largest absolute Gasteiger partial charge is 0.437 e. The van der Waals surface area contributed by atoms with Crippen LogP contribution < -0.4 is 10.5 Å². The second kappa shape index (κ2) is 9.89. The number of carbonyl (C=O) groups excluding carboxylic acids is 1. The Hall–Kier alpha value is -4.33. The first-order valence-corrected chi connectivity index (χ1v) is 11.6. The van der Waals surface area contributed by atoms with E-state index in [4.69, 9.17) is 15.5 Å². The molecule has 0 bridgehead atoms. The smallest absolute Gasteiger partial charge is 0.255 e. The Morgan fingerprint density at radius 2 is 1.91 bits per heavy atom. The number of piperidine rings is 1. The number of hydrogen-bond acceptors (Lipinski definition) is 7. The van der Waals surface area contributed by atoms with Gasteiger partial charge < -0.3 is 15.4 Å². The maximum Gasteiger partial charge on any atom is 0.255 e. The van der Waals surface area contributed by atoms with Gasteiger partial charge in [0.15, 0.2) is 0 Å². The van der Waals surface area contributed by atoms with Gasteiger partial charge in [-0.1, -0.05) is 18.2 Å². The van der Waals surface area contributed by atoms with Crippen molar-refractivity contribution in [3.63, 3.8) is 0 Å². The quantitative estimate of drug-likeness (QED) is 0.457. The van der Waals surface area contributed by atoms with Crippen LogP contribution in [0, 0.1) is 6.92 Å². The maximum atomic E-state index is 13.2. The van der Waals surface area contributed by atoms with Gasteiger partial charge >= 0.3 is 0 Å². The molecule has 0 unspecified atom stereocenters. The molecule has 1 saturated heterocycles. The van der Waals surface area contributed by atoms with Gasteiger partial charge in [-0.3, -0.25) is 14.8 Å². The molecule has 1 aliphatic rings. The van der Waals surface area contributed by atoms with Crippen LogP contribution in [-0.2, 0) is 0 Å². The molecule has 1 atom stereocenters. The Bertz CT molecular complexity index is 1320. The molecule has 4 aromatic rings. The van der Waals surface area contributed by atoms with Crippen molar-refractivity contribution in [3.05, 3.63) is 90.1 Å². The normalized spacial score (nSPS) is 15.6. The number of benzene rings is 1. The molecule has 3 aromatic heterocycles. The molecule has 5 rings (SSSR count). The minimum Gasteiger partial charge on any atom is -0.437 e. The number of aromatic nitrogens is 4. The van der Waals surface area contributed by atoms with Crippen LogP contribution in [0.2, 0.25) is 0 Å². The van der Waals surface area contributed by atoms with Crippen LogP contribution in [0.1, 0.15) is 40.4 Å². The third-order valence-electron chi connectivity index (χ3n) is 6.16. The lowest BCUT2D eigenvalue weighted by molar-refractivity contribution is 0.0705. The summed E-state index contributed by atoms with van der Waals surface area (Å²) in [6.45, 7) is 3.27. The molecule has 1 aromatic carbocycles. The molecule has 1 aliphatic heterocycles. The highest BCUT2D eigenvalue weighted by atomic mass is 16.5. The molecular formula is C27H26N6O2. The molecule has 4 heterocycles. The average molecular weight is 467 g/mol. The highest BCUT2D eigenvalue weighted by molar-refractivity contribution is 5.94. The summed E-state index contributed by atoms with van der Waals surface area (Å²) >= 11 is 0. The third-order valence-corrected chi connectivity index (χ3v) is 6.16. The number of nitrogens with two attached hydrogens (primary N) is 1. The molecule has 176 valence electrons. The second-order valence-electron chi connectivity index (χ2n) is 8.64. The van der Waals surface area contributed by atoms with Crippen LogP contribution >= 0.6 is 0 Å². The number of amides is 1. The van der Waals surface area contributed by atoms with Gasteiger partial charge in [-0.15, -0.1) is 0 Å². The molecule has 0 saturated carbocycles. The van der Waals surface area contributed by atoms with Gasteiger partial charge in [0.1, 0.15) is 11.6 Å². The highest BCUT2D eigenvalue weighted by Crippen LogP contribution is 2.29. The summed E-state index contributed by atoms with van der Waals surface area (Å²) in [7, 11) is 0. The number of aryl methyl sites for hydroxylation is 1. The first-order chi connectivity index (χ1) is 17.1. The van der Waals surface area contributed by atoms with E-state index in [0.717, 1.165) is 41.1 Å². The Balaban J connectivity index is 1.28. The molecule has 0 radical (unpaired) electrons. The van der Waals surface area contributed by atoms with E-state index in [9.17, 15) is 4.79 Å². The second-order valence-corrected chi connectivity index (χ2v) is 8.64. The summed E-state index contributed by atoms with van der Waals surface area (Å²) in [5.41, 5.74) is 9.66. The summed E-state index contributed by atoms with van der Waals surface area (Å²) < 4.78 is 5.96. The summed E-state index contributed by atoms with van der Waals surface area (Å²) in [5.74, 6) is 1.72. The molecule has 1 fully saturated rings. The molecule has 0 spiro atoms. The molecule has 35 heavy (non-hydrogen) atoms. The summed E-state index contributed by atoms with van der Waals surface area (Å²) in [4.78, 5) is 32.7. The molecule has 8 nitrogen and oxygen atoms in total. The minimum atomic E-state index is -0.0375. The monoisotopic (exact) mass is 466 g/mol. The fraction of sp³-hybridized carbons (Fsp3) is 0.222.